The molecule has 1 saturated carbocycles. The van der Waals surface area contributed by atoms with Gasteiger partial charge in [-0.15, -0.1) is 15.3 Å². The average molecular weight is 397 g/mol. The van der Waals surface area contributed by atoms with E-state index in [1.165, 1.54) is 18.2 Å². The summed E-state index contributed by atoms with van der Waals surface area (Å²) in [7, 11) is 0. The number of nitrogens with zero attached hydrogens (tertiary/aromatic N) is 4. The molecule has 0 unspecified atom stereocenters. The van der Waals surface area contributed by atoms with Crippen molar-refractivity contribution in [1.29, 1.82) is 0 Å². The first-order valence-corrected chi connectivity index (χ1v) is 9.23. The zero-order valence-corrected chi connectivity index (χ0v) is 15.7. The van der Waals surface area contributed by atoms with Crippen molar-refractivity contribution in [3.05, 3.63) is 58.9 Å². The van der Waals surface area contributed by atoms with Gasteiger partial charge in [0.2, 0.25) is 5.89 Å². The lowest BCUT2D eigenvalue weighted by Crippen LogP contribution is -2.37. The van der Waals surface area contributed by atoms with Gasteiger partial charge in [0.1, 0.15) is 11.6 Å². The van der Waals surface area contributed by atoms with Crippen LogP contribution in [0.3, 0.4) is 0 Å². The quantitative estimate of drug-likeness (QED) is 0.728. The van der Waals surface area contributed by atoms with Crippen molar-refractivity contribution in [2.24, 2.45) is 11.1 Å². The molecule has 5 rings (SSSR count). The second kappa shape index (κ2) is 5.65. The maximum atomic E-state index is 14.3. The zero-order valence-electron chi connectivity index (χ0n) is 15.7. The molecule has 9 heteroatoms. The van der Waals surface area contributed by atoms with Crippen LogP contribution in [-0.2, 0) is 5.41 Å². The molecule has 2 atom stereocenters. The number of halogens is 2. The van der Waals surface area contributed by atoms with Crippen molar-refractivity contribution in [2.45, 2.75) is 38.0 Å². The van der Waals surface area contributed by atoms with Crippen molar-refractivity contribution < 1.29 is 18.0 Å². The number of carbonyl (C=O) groups excluding carboxylic acids is 1. The van der Waals surface area contributed by atoms with Gasteiger partial charge in [-0.25, -0.2) is 8.78 Å². The lowest BCUT2D eigenvalue weighted by molar-refractivity contribution is 0.0959. The van der Waals surface area contributed by atoms with Crippen molar-refractivity contribution >= 4 is 5.91 Å². The number of nitrogens with two attached hydrogens (primary N) is 1. The SMILES string of the molecule is CC1(C)[C@H]2CC[C@]1(c1nnc(C(N)=O)o1)c1nnc(-c3c(F)cccc3F)cc12. The summed E-state index contributed by atoms with van der Waals surface area (Å²) in [6.45, 7) is 4.12. The molecule has 3 aromatic rings. The first kappa shape index (κ1) is 17.8. The van der Waals surface area contributed by atoms with E-state index in [0.29, 0.717) is 12.1 Å². The molecule has 1 aromatic carbocycles. The fourth-order valence-electron chi connectivity index (χ4n) is 5.16. The Balaban J connectivity index is 1.71. The van der Waals surface area contributed by atoms with Gasteiger partial charge in [0.05, 0.1) is 22.4 Å². The maximum absolute atomic E-state index is 14.3. The second-order valence-electron chi connectivity index (χ2n) is 8.13. The van der Waals surface area contributed by atoms with E-state index in [0.717, 1.165) is 12.0 Å². The predicted octanol–water partition coefficient (Wildman–Crippen LogP) is 3.11. The maximum Gasteiger partial charge on any atom is 0.306 e. The molecule has 2 N–H and O–H groups in total. The summed E-state index contributed by atoms with van der Waals surface area (Å²) in [5.41, 5.74) is 5.57. The minimum absolute atomic E-state index is 0.0607. The number of hydrogen-bond acceptors (Lipinski definition) is 6. The summed E-state index contributed by atoms with van der Waals surface area (Å²) < 4.78 is 34.1. The lowest BCUT2D eigenvalue weighted by Gasteiger charge is -2.34. The Morgan fingerprint density at radius 2 is 1.90 bits per heavy atom. The molecule has 0 aliphatic heterocycles. The van der Waals surface area contributed by atoms with Crippen LogP contribution in [0.4, 0.5) is 8.78 Å². The van der Waals surface area contributed by atoms with Gasteiger partial charge in [-0.2, -0.15) is 5.10 Å². The van der Waals surface area contributed by atoms with Crippen LogP contribution in [-0.4, -0.2) is 26.3 Å². The summed E-state index contributed by atoms with van der Waals surface area (Å²) in [6.07, 6.45) is 1.49. The van der Waals surface area contributed by atoms with Gasteiger partial charge in [-0.05, 0) is 47.9 Å². The minimum atomic E-state index is -0.804. The fraction of sp³-hybridized carbons (Fsp3) is 0.350. The molecule has 0 spiro atoms. The molecule has 7 nitrogen and oxygen atoms in total. The van der Waals surface area contributed by atoms with Gasteiger partial charge < -0.3 is 10.2 Å². The van der Waals surface area contributed by atoms with Crippen LogP contribution in [0.1, 0.15) is 60.4 Å². The number of aromatic nitrogens is 4. The smallest absolute Gasteiger partial charge is 0.306 e. The second-order valence-corrected chi connectivity index (χ2v) is 8.13. The van der Waals surface area contributed by atoms with Crippen molar-refractivity contribution in [3.8, 4) is 11.3 Å². The molecule has 29 heavy (non-hydrogen) atoms. The number of fused-ring (bicyclic) bond motifs is 5. The highest BCUT2D eigenvalue weighted by Crippen LogP contribution is 2.69. The predicted molar refractivity (Wildman–Crippen MR) is 96.7 cm³/mol. The molecule has 0 radical (unpaired) electrons. The number of hydrogen-bond donors (Lipinski definition) is 1. The summed E-state index contributed by atoms with van der Waals surface area (Å²) in [6, 6.07) is 5.38. The summed E-state index contributed by atoms with van der Waals surface area (Å²) in [5.74, 6) is -2.14. The highest BCUT2D eigenvalue weighted by Gasteiger charge is 2.67. The summed E-state index contributed by atoms with van der Waals surface area (Å²) in [5, 5.41) is 16.3. The number of primary amides is 1. The van der Waals surface area contributed by atoms with E-state index in [4.69, 9.17) is 10.2 Å². The molecule has 2 heterocycles. The molecule has 1 amide bonds. The molecule has 1 fully saturated rings. The Labute approximate surface area is 164 Å². The van der Waals surface area contributed by atoms with Crippen LogP contribution >= 0.6 is 0 Å². The van der Waals surface area contributed by atoms with Gasteiger partial charge in [0.25, 0.3) is 0 Å². The Bertz CT molecular complexity index is 1160. The van der Waals surface area contributed by atoms with E-state index in [1.807, 2.05) is 0 Å². The first-order chi connectivity index (χ1) is 13.8. The van der Waals surface area contributed by atoms with E-state index >= 15 is 0 Å². The van der Waals surface area contributed by atoms with E-state index in [-0.39, 0.29) is 34.4 Å². The third kappa shape index (κ3) is 2.12. The summed E-state index contributed by atoms with van der Waals surface area (Å²) >= 11 is 0. The zero-order chi connectivity index (χ0) is 20.6. The van der Waals surface area contributed by atoms with Crippen LogP contribution < -0.4 is 5.73 Å². The average Bonchev–Trinajstić information content (AvgIpc) is 3.30. The van der Waals surface area contributed by atoms with Gasteiger partial charge >= 0.3 is 11.8 Å². The normalized spacial score (nSPS) is 23.9. The van der Waals surface area contributed by atoms with Crippen LogP contribution in [0.15, 0.2) is 28.7 Å². The standard InChI is InChI=1S/C20H17F2N5O2/c1-19(2)10-6-7-20(19,18-27-26-17(29-18)16(23)28)15-9(10)8-13(24-25-15)14-11(21)4-3-5-12(14)22/h3-5,8,10H,6-7H2,1-2H3,(H2,23,28)/t10-,20+/m0/s1. The fourth-order valence-corrected chi connectivity index (χ4v) is 5.16. The largest absolute Gasteiger partial charge is 0.416 e. The lowest BCUT2D eigenvalue weighted by atomic mass is 9.68. The highest BCUT2D eigenvalue weighted by molar-refractivity contribution is 5.87. The first-order valence-electron chi connectivity index (χ1n) is 9.23. The van der Waals surface area contributed by atoms with E-state index in [2.05, 4.69) is 34.2 Å². The molecule has 2 bridgehead atoms. The third-order valence-electron chi connectivity index (χ3n) is 6.60. The topological polar surface area (TPSA) is 108 Å². The van der Waals surface area contributed by atoms with Crippen LogP contribution in [0.5, 0.6) is 0 Å². The number of rotatable bonds is 3. The van der Waals surface area contributed by atoms with Crippen LogP contribution in [0.25, 0.3) is 11.3 Å². The summed E-state index contributed by atoms with van der Waals surface area (Å²) in [4.78, 5) is 11.4. The van der Waals surface area contributed by atoms with Crippen molar-refractivity contribution in [1.82, 2.24) is 20.4 Å². The Hall–Kier alpha value is -3.23. The van der Waals surface area contributed by atoms with Crippen LogP contribution in [0.2, 0.25) is 0 Å². The van der Waals surface area contributed by atoms with Crippen molar-refractivity contribution in [3.63, 3.8) is 0 Å². The molecule has 2 aliphatic carbocycles. The van der Waals surface area contributed by atoms with Gasteiger partial charge in [0, 0.05) is 0 Å². The van der Waals surface area contributed by atoms with Gasteiger partial charge in [-0.1, -0.05) is 19.9 Å². The van der Waals surface area contributed by atoms with Crippen LogP contribution in [0, 0.1) is 17.0 Å². The highest BCUT2D eigenvalue weighted by atomic mass is 19.1. The number of benzene rings is 1. The van der Waals surface area contributed by atoms with Gasteiger partial charge in [0.15, 0.2) is 0 Å². The van der Waals surface area contributed by atoms with E-state index in [1.54, 1.807) is 6.07 Å². The van der Waals surface area contributed by atoms with E-state index in [9.17, 15) is 13.6 Å². The third-order valence-corrected chi connectivity index (χ3v) is 6.60. The molecular weight excluding hydrogens is 380 g/mol. The number of carbonyl (C=O) groups is 1. The Morgan fingerprint density at radius 3 is 2.55 bits per heavy atom. The van der Waals surface area contributed by atoms with E-state index < -0.39 is 23.0 Å². The molecule has 148 valence electrons. The van der Waals surface area contributed by atoms with Gasteiger partial charge in [-0.3, -0.25) is 4.79 Å². The molecule has 2 aliphatic rings. The molecule has 0 saturated heterocycles. The monoisotopic (exact) mass is 397 g/mol. The Kier molecular flexibility index (Phi) is 3.48. The van der Waals surface area contributed by atoms with Crippen molar-refractivity contribution in [2.75, 3.05) is 0 Å². The molecular formula is C20H17F2N5O2. The Morgan fingerprint density at radius 1 is 1.17 bits per heavy atom. The number of amides is 1. The molecule has 2 aromatic heterocycles. The minimum Gasteiger partial charge on any atom is -0.416 e.